The van der Waals surface area contributed by atoms with Crippen LogP contribution in [0.2, 0.25) is 0 Å². The monoisotopic (exact) mass is 411 g/mol. The predicted octanol–water partition coefficient (Wildman–Crippen LogP) is 1.85. The summed E-state index contributed by atoms with van der Waals surface area (Å²) in [7, 11) is 1.67. The summed E-state index contributed by atoms with van der Waals surface area (Å²) >= 11 is 1.60. The summed E-state index contributed by atoms with van der Waals surface area (Å²) in [6, 6.07) is 10.4. The molecule has 29 heavy (non-hydrogen) atoms. The Morgan fingerprint density at radius 1 is 1.24 bits per heavy atom. The number of hydrogen-bond acceptors (Lipinski definition) is 5. The Kier molecular flexibility index (Phi) is 6.02. The highest BCUT2D eigenvalue weighted by molar-refractivity contribution is 7.16. The van der Waals surface area contributed by atoms with E-state index in [-0.39, 0.29) is 5.91 Å². The molecule has 6 nitrogen and oxygen atoms in total. The highest BCUT2D eigenvalue weighted by atomic mass is 32.1. The van der Waals surface area contributed by atoms with Crippen LogP contribution in [0.15, 0.2) is 24.3 Å². The van der Waals surface area contributed by atoms with Gasteiger partial charge in [-0.3, -0.25) is 4.79 Å². The molecule has 0 saturated carbocycles. The second-order valence-corrected chi connectivity index (χ2v) is 8.79. The van der Waals surface area contributed by atoms with E-state index in [1.165, 1.54) is 27.4 Å². The van der Waals surface area contributed by atoms with E-state index in [4.69, 9.17) is 4.74 Å². The number of carbonyl (C=O) groups excluding carboxylic acids is 1. The molecule has 2 heterocycles. The van der Waals surface area contributed by atoms with Gasteiger partial charge in [0.2, 0.25) is 0 Å². The number of aryl methyl sites for hydroxylation is 1. The first kappa shape index (κ1) is 19.7. The molecule has 1 aliphatic carbocycles. The Bertz CT molecular complexity index is 908. The quantitative estimate of drug-likeness (QED) is 0.788. The average molecular weight is 412 g/mol. The minimum atomic E-state index is 0.00740. The molecule has 1 fully saturated rings. The van der Waals surface area contributed by atoms with Crippen molar-refractivity contribution >= 4 is 27.9 Å². The summed E-state index contributed by atoms with van der Waals surface area (Å²) in [4.78, 5) is 17.5. The van der Waals surface area contributed by atoms with Crippen molar-refractivity contribution in [1.29, 1.82) is 5.26 Å². The van der Waals surface area contributed by atoms with Crippen molar-refractivity contribution in [1.82, 2.24) is 0 Å². The Morgan fingerprint density at radius 3 is 2.66 bits per heavy atom. The van der Waals surface area contributed by atoms with Crippen molar-refractivity contribution in [2.45, 2.75) is 25.7 Å². The fraction of sp³-hybridized carbons (Fsp3) is 0.455. The number of carbonyl (C=O) groups is 1. The number of ether oxygens (including phenoxy) is 1. The lowest BCUT2D eigenvalue weighted by Gasteiger charge is -2.33. The van der Waals surface area contributed by atoms with E-state index in [1.807, 2.05) is 12.1 Å². The minimum Gasteiger partial charge on any atom is -0.497 e. The number of hydrogen-bond donors (Lipinski definition) is 2. The van der Waals surface area contributed by atoms with Crippen molar-refractivity contribution in [3.05, 3.63) is 40.3 Å². The van der Waals surface area contributed by atoms with Crippen molar-refractivity contribution in [3.8, 4) is 11.8 Å². The molecule has 0 spiro atoms. The molecule has 0 atom stereocenters. The van der Waals surface area contributed by atoms with E-state index in [1.54, 1.807) is 18.4 Å². The van der Waals surface area contributed by atoms with Gasteiger partial charge in [0.1, 0.15) is 16.8 Å². The molecular weight excluding hydrogens is 384 g/mol. The summed E-state index contributed by atoms with van der Waals surface area (Å²) in [5.41, 5.74) is 3.05. The van der Waals surface area contributed by atoms with Crippen molar-refractivity contribution in [2.75, 3.05) is 50.1 Å². The van der Waals surface area contributed by atoms with Crippen LogP contribution in [0.25, 0.3) is 0 Å². The van der Waals surface area contributed by atoms with Crippen molar-refractivity contribution in [2.24, 2.45) is 0 Å². The second kappa shape index (κ2) is 8.85. The Hall–Kier alpha value is -2.56. The number of rotatable bonds is 5. The van der Waals surface area contributed by atoms with E-state index in [2.05, 4.69) is 28.4 Å². The minimum absolute atomic E-state index is 0.00740. The molecule has 2 N–H and O–H groups in total. The Balaban J connectivity index is 1.31. The summed E-state index contributed by atoms with van der Waals surface area (Å²) in [6.07, 6.45) is 4.30. The van der Waals surface area contributed by atoms with Crippen LogP contribution < -0.4 is 19.9 Å². The first-order valence-corrected chi connectivity index (χ1v) is 11.1. The van der Waals surface area contributed by atoms with E-state index < -0.39 is 0 Å². The van der Waals surface area contributed by atoms with Crippen LogP contribution in [-0.2, 0) is 17.6 Å². The number of piperazine rings is 1. The number of fused-ring (bicyclic) bond motifs is 1. The zero-order chi connectivity index (χ0) is 20.2. The molecule has 1 saturated heterocycles. The van der Waals surface area contributed by atoms with Gasteiger partial charge in [-0.15, -0.1) is 11.3 Å². The second-order valence-electron chi connectivity index (χ2n) is 7.69. The van der Waals surface area contributed by atoms with Crippen molar-refractivity contribution < 1.29 is 14.4 Å². The summed E-state index contributed by atoms with van der Waals surface area (Å²) in [5, 5.41) is 13.3. The molecule has 2 aromatic rings. The number of nitriles is 1. The lowest BCUT2D eigenvalue weighted by Crippen LogP contribution is -3.15. The number of nitrogens with one attached hydrogen (secondary N) is 2. The van der Waals surface area contributed by atoms with Crippen LogP contribution in [0.1, 0.15) is 28.8 Å². The SMILES string of the molecule is COc1ccc(N2CC[NH+](CC(=O)Nc3sc4c(c3C#N)CCCC4)CC2)cc1. The number of benzene rings is 1. The first-order chi connectivity index (χ1) is 14.2. The molecule has 0 radical (unpaired) electrons. The highest BCUT2D eigenvalue weighted by Gasteiger charge is 2.25. The number of nitrogens with zero attached hydrogens (tertiary/aromatic N) is 2. The number of anilines is 2. The fourth-order valence-corrected chi connectivity index (χ4v) is 5.48. The van der Waals surface area contributed by atoms with Crippen LogP contribution in [0.3, 0.4) is 0 Å². The molecule has 152 valence electrons. The van der Waals surface area contributed by atoms with E-state index in [9.17, 15) is 10.1 Å². The van der Waals surface area contributed by atoms with Gasteiger partial charge in [0.15, 0.2) is 6.54 Å². The van der Waals surface area contributed by atoms with E-state index in [0.717, 1.165) is 56.2 Å². The van der Waals surface area contributed by atoms with Crippen LogP contribution in [0.5, 0.6) is 5.75 Å². The maximum atomic E-state index is 12.6. The maximum absolute atomic E-state index is 12.6. The van der Waals surface area contributed by atoms with Gasteiger partial charge in [0, 0.05) is 10.6 Å². The topological polar surface area (TPSA) is 69.8 Å². The molecule has 0 bridgehead atoms. The molecule has 1 aromatic heterocycles. The van der Waals surface area contributed by atoms with E-state index in [0.29, 0.717) is 12.1 Å². The molecule has 2 aliphatic rings. The number of quaternary nitrogens is 1. The van der Waals surface area contributed by atoms with Crippen LogP contribution in [0, 0.1) is 11.3 Å². The Morgan fingerprint density at radius 2 is 1.97 bits per heavy atom. The number of methoxy groups -OCH3 is 1. The van der Waals surface area contributed by atoms with Gasteiger partial charge < -0.3 is 19.9 Å². The van der Waals surface area contributed by atoms with E-state index >= 15 is 0 Å². The predicted molar refractivity (Wildman–Crippen MR) is 115 cm³/mol. The lowest BCUT2D eigenvalue weighted by molar-refractivity contribution is -0.892. The largest absolute Gasteiger partial charge is 0.497 e. The summed E-state index contributed by atoms with van der Waals surface area (Å²) < 4.78 is 5.22. The maximum Gasteiger partial charge on any atom is 0.280 e. The lowest BCUT2D eigenvalue weighted by atomic mass is 9.96. The zero-order valence-electron chi connectivity index (χ0n) is 16.8. The average Bonchev–Trinajstić information content (AvgIpc) is 3.11. The molecule has 1 aromatic carbocycles. The summed E-state index contributed by atoms with van der Waals surface area (Å²) in [5.74, 6) is 0.870. The molecule has 1 amide bonds. The van der Waals surface area contributed by atoms with Gasteiger partial charge in [-0.25, -0.2) is 0 Å². The molecule has 4 rings (SSSR count). The summed E-state index contributed by atoms with van der Waals surface area (Å²) in [6.45, 7) is 4.14. The third-order valence-electron chi connectivity index (χ3n) is 5.85. The smallest absolute Gasteiger partial charge is 0.280 e. The molecular formula is C22H27N4O2S+. The third-order valence-corrected chi connectivity index (χ3v) is 7.06. The normalized spacial score (nSPS) is 16.8. The first-order valence-electron chi connectivity index (χ1n) is 10.2. The van der Waals surface area contributed by atoms with Gasteiger partial charge in [0.05, 0.1) is 38.9 Å². The van der Waals surface area contributed by atoms with Gasteiger partial charge in [-0.2, -0.15) is 5.26 Å². The van der Waals surface area contributed by atoms with Gasteiger partial charge >= 0.3 is 0 Å². The number of amides is 1. The van der Waals surface area contributed by atoms with Gasteiger partial charge in [0.25, 0.3) is 5.91 Å². The van der Waals surface area contributed by atoms with Gasteiger partial charge in [-0.05, 0) is 55.5 Å². The molecule has 1 aliphatic heterocycles. The standard InChI is InChI=1S/C22H26N4O2S/c1-28-17-8-6-16(7-9-17)26-12-10-25(11-13-26)15-21(27)24-22-19(14-23)18-4-2-3-5-20(18)29-22/h6-9H,2-5,10-13,15H2,1H3,(H,24,27)/p+1. The highest BCUT2D eigenvalue weighted by Crippen LogP contribution is 2.37. The molecule has 0 unspecified atom stereocenters. The molecule has 7 heteroatoms. The van der Waals surface area contributed by atoms with Crippen molar-refractivity contribution in [3.63, 3.8) is 0 Å². The van der Waals surface area contributed by atoms with Gasteiger partial charge in [-0.1, -0.05) is 0 Å². The number of thiophene rings is 1. The van der Waals surface area contributed by atoms with Crippen LogP contribution in [0.4, 0.5) is 10.7 Å². The third kappa shape index (κ3) is 4.39. The fourth-order valence-electron chi connectivity index (χ4n) is 4.22. The van der Waals surface area contributed by atoms with Crippen LogP contribution >= 0.6 is 11.3 Å². The Labute approximate surface area is 175 Å². The van der Waals surface area contributed by atoms with Crippen LogP contribution in [-0.4, -0.2) is 45.7 Å². The zero-order valence-corrected chi connectivity index (χ0v) is 17.6.